The fourth-order valence-electron chi connectivity index (χ4n) is 2.02. The van der Waals surface area contributed by atoms with Crippen molar-refractivity contribution in [2.75, 3.05) is 25.3 Å². The van der Waals surface area contributed by atoms with Crippen molar-refractivity contribution in [2.45, 2.75) is 12.1 Å². The Morgan fingerprint density at radius 3 is 2.52 bits per heavy atom. The molecule has 0 aliphatic heterocycles. The number of hydrogen-bond donors (Lipinski definition) is 1. The standard InChI is InChI=1S/C15H17N3O5S2/c1-8-10(13(20)22-3)12(25-11(8)14(21)23-4)17-9(19)7-24-15-16-5-6-18(15)2/h5-6H,7H2,1-4H3,(H,17,19). The number of imidazole rings is 1. The van der Waals surface area contributed by atoms with Crippen LogP contribution in [0.15, 0.2) is 17.6 Å². The number of ether oxygens (including phenoxy) is 2. The number of aryl methyl sites for hydroxylation is 1. The molecule has 1 amide bonds. The smallest absolute Gasteiger partial charge is 0.348 e. The summed E-state index contributed by atoms with van der Waals surface area (Å²) < 4.78 is 11.2. The summed E-state index contributed by atoms with van der Waals surface area (Å²) in [5.41, 5.74) is 0.569. The van der Waals surface area contributed by atoms with Gasteiger partial charge >= 0.3 is 11.9 Å². The highest BCUT2D eigenvalue weighted by Gasteiger charge is 2.26. The average molecular weight is 383 g/mol. The minimum Gasteiger partial charge on any atom is -0.465 e. The van der Waals surface area contributed by atoms with Gasteiger partial charge in [-0.25, -0.2) is 14.6 Å². The Labute approximate surface area is 152 Å². The first-order chi connectivity index (χ1) is 11.9. The Balaban J connectivity index is 2.19. The molecule has 0 saturated carbocycles. The van der Waals surface area contributed by atoms with E-state index in [1.165, 1.54) is 26.0 Å². The topological polar surface area (TPSA) is 99.5 Å². The molecule has 0 saturated heterocycles. The quantitative estimate of drug-likeness (QED) is 0.602. The highest BCUT2D eigenvalue weighted by atomic mass is 32.2. The summed E-state index contributed by atoms with van der Waals surface area (Å²) in [5, 5.41) is 3.62. The second-order valence-corrected chi connectivity index (χ2v) is 6.86. The highest BCUT2D eigenvalue weighted by Crippen LogP contribution is 2.34. The third kappa shape index (κ3) is 4.20. The van der Waals surface area contributed by atoms with Crippen molar-refractivity contribution >= 4 is 45.9 Å². The molecule has 8 nitrogen and oxygen atoms in total. The lowest BCUT2D eigenvalue weighted by molar-refractivity contribution is -0.113. The number of nitrogens with zero attached hydrogens (tertiary/aromatic N) is 2. The van der Waals surface area contributed by atoms with Crippen molar-refractivity contribution in [1.82, 2.24) is 9.55 Å². The fraction of sp³-hybridized carbons (Fsp3) is 0.333. The molecule has 2 aromatic heterocycles. The first-order valence-corrected chi connectivity index (χ1v) is 8.89. The number of rotatable bonds is 6. The van der Waals surface area contributed by atoms with Crippen molar-refractivity contribution < 1.29 is 23.9 Å². The van der Waals surface area contributed by atoms with Crippen LogP contribution in [-0.2, 0) is 21.3 Å². The number of esters is 2. The van der Waals surface area contributed by atoms with E-state index in [9.17, 15) is 14.4 Å². The van der Waals surface area contributed by atoms with Crippen LogP contribution in [-0.4, -0.2) is 47.4 Å². The van der Waals surface area contributed by atoms with Crippen molar-refractivity contribution in [3.63, 3.8) is 0 Å². The lowest BCUT2D eigenvalue weighted by Crippen LogP contribution is -2.16. The summed E-state index contributed by atoms with van der Waals surface area (Å²) >= 11 is 2.24. The van der Waals surface area contributed by atoms with Gasteiger partial charge in [0.1, 0.15) is 9.88 Å². The summed E-state index contributed by atoms with van der Waals surface area (Å²) in [7, 11) is 4.31. The van der Waals surface area contributed by atoms with Crippen LogP contribution in [0.4, 0.5) is 5.00 Å². The van der Waals surface area contributed by atoms with Gasteiger partial charge in [-0.3, -0.25) is 4.79 Å². The van der Waals surface area contributed by atoms with Gasteiger partial charge in [0.05, 0.1) is 25.5 Å². The number of methoxy groups -OCH3 is 2. The molecule has 0 bridgehead atoms. The van der Waals surface area contributed by atoms with Gasteiger partial charge in [-0.05, 0) is 12.5 Å². The molecular weight excluding hydrogens is 366 g/mol. The molecule has 2 rings (SSSR count). The summed E-state index contributed by atoms with van der Waals surface area (Å²) in [5.74, 6) is -1.42. The van der Waals surface area contributed by atoms with E-state index in [0.29, 0.717) is 10.7 Å². The Bertz CT molecular complexity index is 812. The molecule has 0 fully saturated rings. The molecule has 0 radical (unpaired) electrons. The molecule has 0 aromatic carbocycles. The van der Waals surface area contributed by atoms with E-state index in [0.717, 1.165) is 11.3 Å². The molecular formula is C15H17N3O5S2. The van der Waals surface area contributed by atoms with Gasteiger partial charge < -0.3 is 19.4 Å². The van der Waals surface area contributed by atoms with Gasteiger partial charge in [-0.15, -0.1) is 11.3 Å². The predicted molar refractivity (Wildman–Crippen MR) is 94.3 cm³/mol. The maximum absolute atomic E-state index is 12.2. The van der Waals surface area contributed by atoms with E-state index >= 15 is 0 Å². The van der Waals surface area contributed by atoms with Crippen molar-refractivity contribution in [3.05, 3.63) is 28.4 Å². The van der Waals surface area contributed by atoms with E-state index in [1.54, 1.807) is 23.9 Å². The molecule has 0 spiro atoms. The largest absolute Gasteiger partial charge is 0.465 e. The number of thiophene rings is 1. The van der Waals surface area contributed by atoms with Gasteiger partial charge in [0.25, 0.3) is 0 Å². The maximum atomic E-state index is 12.2. The van der Waals surface area contributed by atoms with Crippen LogP contribution in [0.5, 0.6) is 0 Å². The molecule has 25 heavy (non-hydrogen) atoms. The van der Waals surface area contributed by atoms with Crippen LogP contribution in [0.3, 0.4) is 0 Å². The second-order valence-electron chi connectivity index (χ2n) is 4.90. The van der Waals surface area contributed by atoms with E-state index in [-0.39, 0.29) is 27.1 Å². The highest BCUT2D eigenvalue weighted by molar-refractivity contribution is 7.99. The van der Waals surface area contributed by atoms with Gasteiger partial charge in [-0.1, -0.05) is 11.8 Å². The zero-order chi connectivity index (χ0) is 18.6. The number of aromatic nitrogens is 2. The third-order valence-electron chi connectivity index (χ3n) is 3.27. The van der Waals surface area contributed by atoms with Gasteiger partial charge in [-0.2, -0.15) is 0 Å². The van der Waals surface area contributed by atoms with Gasteiger partial charge in [0, 0.05) is 19.4 Å². The van der Waals surface area contributed by atoms with Crippen molar-refractivity contribution in [3.8, 4) is 0 Å². The third-order valence-corrected chi connectivity index (χ3v) is 5.51. The second kappa shape index (κ2) is 8.17. The van der Waals surface area contributed by atoms with Crippen LogP contribution in [0.25, 0.3) is 0 Å². The summed E-state index contributed by atoms with van der Waals surface area (Å²) in [6.45, 7) is 1.60. The number of carbonyl (C=O) groups excluding carboxylic acids is 3. The first kappa shape index (κ1) is 19.0. The summed E-state index contributed by atoms with van der Waals surface area (Å²) in [6, 6.07) is 0. The zero-order valence-corrected chi connectivity index (χ0v) is 15.7. The van der Waals surface area contributed by atoms with Crippen LogP contribution in [0.1, 0.15) is 25.6 Å². The molecule has 10 heteroatoms. The van der Waals surface area contributed by atoms with Crippen molar-refractivity contribution in [2.24, 2.45) is 7.05 Å². The molecule has 1 N–H and O–H groups in total. The number of anilines is 1. The van der Waals surface area contributed by atoms with E-state index < -0.39 is 11.9 Å². The van der Waals surface area contributed by atoms with Crippen LogP contribution in [0.2, 0.25) is 0 Å². The Hall–Kier alpha value is -2.33. The Morgan fingerprint density at radius 1 is 1.28 bits per heavy atom. The fourth-order valence-corrected chi connectivity index (χ4v) is 3.88. The summed E-state index contributed by atoms with van der Waals surface area (Å²) in [6.07, 6.45) is 3.42. The van der Waals surface area contributed by atoms with Crippen LogP contribution < -0.4 is 5.32 Å². The van der Waals surface area contributed by atoms with Crippen LogP contribution in [0, 0.1) is 6.92 Å². The lowest BCUT2D eigenvalue weighted by atomic mass is 10.1. The van der Waals surface area contributed by atoms with Gasteiger partial charge in [0.2, 0.25) is 5.91 Å². The molecule has 0 aliphatic carbocycles. The number of thioether (sulfide) groups is 1. The number of amides is 1. The predicted octanol–water partition coefficient (Wildman–Crippen LogP) is 2.09. The minimum atomic E-state index is -0.629. The van der Waals surface area contributed by atoms with E-state index in [1.807, 2.05) is 7.05 Å². The SMILES string of the molecule is COC(=O)c1sc(NC(=O)CSc2nccn2C)c(C(=O)OC)c1C. The normalized spacial score (nSPS) is 10.4. The molecule has 2 aromatic rings. The monoisotopic (exact) mass is 383 g/mol. The minimum absolute atomic E-state index is 0.107. The number of nitrogens with one attached hydrogen (secondary N) is 1. The number of hydrogen-bond acceptors (Lipinski definition) is 8. The van der Waals surface area contributed by atoms with Crippen LogP contribution >= 0.6 is 23.1 Å². The average Bonchev–Trinajstić information content (AvgIpc) is 3.14. The van der Waals surface area contributed by atoms with Crippen molar-refractivity contribution in [1.29, 1.82) is 0 Å². The zero-order valence-electron chi connectivity index (χ0n) is 14.1. The molecule has 0 atom stereocenters. The molecule has 0 aliphatic rings. The maximum Gasteiger partial charge on any atom is 0.348 e. The Morgan fingerprint density at radius 2 is 1.96 bits per heavy atom. The Kier molecular flexibility index (Phi) is 6.21. The summed E-state index contributed by atoms with van der Waals surface area (Å²) in [4.78, 5) is 40.4. The molecule has 134 valence electrons. The van der Waals surface area contributed by atoms with Gasteiger partial charge in [0.15, 0.2) is 5.16 Å². The van der Waals surface area contributed by atoms with E-state index in [4.69, 9.17) is 9.47 Å². The number of carbonyl (C=O) groups is 3. The lowest BCUT2D eigenvalue weighted by Gasteiger charge is -2.06. The van der Waals surface area contributed by atoms with E-state index in [2.05, 4.69) is 10.3 Å². The molecule has 2 heterocycles. The first-order valence-electron chi connectivity index (χ1n) is 7.09. The molecule has 0 unspecified atom stereocenters.